The van der Waals surface area contributed by atoms with E-state index in [9.17, 15) is 9.90 Å². The van der Waals surface area contributed by atoms with E-state index < -0.39 is 12.0 Å². The van der Waals surface area contributed by atoms with Crippen molar-refractivity contribution in [2.24, 2.45) is 5.73 Å². The Labute approximate surface area is 141 Å². The molecule has 2 rings (SSSR count). The van der Waals surface area contributed by atoms with Crippen molar-refractivity contribution in [3.63, 3.8) is 0 Å². The normalized spacial score (nSPS) is 11.8. The SMILES string of the molecule is COc1cccc(CNCC(O)c2ccccc2)c1OCC(N)=O. The van der Waals surface area contributed by atoms with Gasteiger partial charge in [-0.05, 0) is 11.6 Å². The molecule has 1 unspecified atom stereocenters. The Balaban J connectivity index is 1.99. The molecule has 0 heterocycles. The molecule has 24 heavy (non-hydrogen) atoms. The molecule has 1 atom stereocenters. The average Bonchev–Trinajstić information content (AvgIpc) is 2.60. The number of carbonyl (C=O) groups is 1. The maximum Gasteiger partial charge on any atom is 0.255 e. The third-order valence-electron chi connectivity index (χ3n) is 3.48. The molecular weight excluding hydrogens is 308 g/mol. The Hall–Kier alpha value is -2.57. The lowest BCUT2D eigenvalue weighted by Gasteiger charge is -2.16. The van der Waals surface area contributed by atoms with Gasteiger partial charge in [-0.2, -0.15) is 0 Å². The Morgan fingerprint density at radius 2 is 1.96 bits per heavy atom. The molecule has 0 aromatic heterocycles. The maximum atomic E-state index is 11.0. The smallest absolute Gasteiger partial charge is 0.255 e. The number of benzene rings is 2. The van der Waals surface area contributed by atoms with Crippen LogP contribution in [0.2, 0.25) is 0 Å². The summed E-state index contributed by atoms with van der Waals surface area (Å²) in [6.45, 7) is 0.617. The summed E-state index contributed by atoms with van der Waals surface area (Å²) in [5.74, 6) is 0.443. The zero-order chi connectivity index (χ0) is 17.4. The third kappa shape index (κ3) is 4.97. The monoisotopic (exact) mass is 330 g/mol. The molecule has 2 aromatic carbocycles. The van der Waals surface area contributed by atoms with Crippen LogP contribution in [0.5, 0.6) is 11.5 Å². The van der Waals surface area contributed by atoms with Crippen LogP contribution >= 0.6 is 0 Å². The summed E-state index contributed by atoms with van der Waals surface area (Å²) >= 11 is 0. The molecule has 128 valence electrons. The molecule has 0 aliphatic heterocycles. The number of para-hydroxylation sites is 1. The number of amides is 1. The molecule has 0 fully saturated rings. The zero-order valence-electron chi connectivity index (χ0n) is 13.6. The van der Waals surface area contributed by atoms with Crippen molar-refractivity contribution >= 4 is 5.91 Å². The van der Waals surface area contributed by atoms with Gasteiger partial charge in [0.1, 0.15) is 0 Å². The number of rotatable bonds is 9. The van der Waals surface area contributed by atoms with E-state index in [4.69, 9.17) is 15.2 Å². The summed E-state index contributed by atoms with van der Waals surface area (Å²) < 4.78 is 10.7. The number of primary amides is 1. The molecule has 0 saturated carbocycles. The number of ether oxygens (including phenoxy) is 2. The van der Waals surface area contributed by atoms with Crippen LogP contribution in [0.4, 0.5) is 0 Å². The second-order valence-electron chi connectivity index (χ2n) is 5.26. The summed E-state index contributed by atoms with van der Waals surface area (Å²) in [6.07, 6.45) is -0.605. The van der Waals surface area contributed by atoms with Crippen molar-refractivity contribution in [2.45, 2.75) is 12.6 Å². The van der Waals surface area contributed by atoms with Gasteiger partial charge in [-0.1, -0.05) is 42.5 Å². The minimum atomic E-state index is -0.605. The maximum absolute atomic E-state index is 11.0. The van der Waals surface area contributed by atoms with Gasteiger partial charge in [0.15, 0.2) is 18.1 Å². The molecule has 1 amide bonds. The fourth-order valence-corrected chi connectivity index (χ4v) is 2.30. The summed E-state index contributed by atoms with van der Waals surface area (Å²) in [6, 6.07) is 14.9. The number of methoxy groups -OCH3 is 1. The lowest BCUT2D eigenvalue weighted by molar-refractivity contribution is -0.119. The lowest BCUT2D eigenvalue weighted by Crippen LogP contribution is -2.23. The molecule has 6 nitrogen and oxygen atoms in total. The van der Waals surface area contributed by atoms with Gasteiger partial charge < -0.3 is 25.6 Å². The van der Waals surface area contributed by atoms with Gasteiger partial charge in [0, 0.05) is 18.7 Å². The average molecular weight is 330 g/mol. The Morgan fingerprint density at radius 1 is 1.21 bits per heavy atom. The van der Waals surface area contributed by atoms with E-state index in [2.05, 4.69) is 5.32 Å². The van der Waals surface area contributed by atoms with Gasteiger partial charge >= 0.3 is 0 Å². The van der Waals surface area contributed by atoms with E-state index in [1.807, 2.05) is 42.5 Å². The highest BCUT2D eigenvalue weighted by Crippen LogP contribution is 2.31. The first-order chi connectivity index (χ1) is 11.6. The van der Waals surface area contributed by atoms with Crippen molar-refractivity contribution in [2.75, 3.05) is 20.3 Å². The van der Waals surface area contributed by atoms with E-state index in [1.54, 1.807) is 6.07 Å². The van der Waals surface area contributed by atoms with Crippen LogP contribution in [0.25, 0.3) is 0 Å². The highest BCUT2D eigenvalue weighted by atomic mass is 16.5. The first-order valence-electron chi connectivity index (χ1n) is 7.62. The number of hydrogen-bond acceptors (Lipinski definition) is 5. The first-order valence-corrected chi connectivity index (χ1v) is 7.62. The zero-order valence-corrected chi connectivity index (χ0v) is 13.6. The van der Waals surface area contributed by atoms with E-state index in [0.29, 0.717) is 24.6 Å². The largest absolute Gasteiger partial charge is 0.493 e. The standard InChI is InChI=1S/C18H22N2O4/c1-23-16-9-5-8-14(18(16)24-12-17(19)22)10-20-11-15(21)13-6-3-2-4-7-13/h2-9,15,20-21H,10-12H2,1H3,(H2,19,22). The molecule has 4 N–H and O–H groups in total. The highest BCUT2D eigenvalue weighted by Gasteiger charge is 2.12. The van der Waals surface area contributed by atoms with Gasteiger partial charge in [-0.25, -0.2) is 0 Å². The third-order valence-corrected chi connectivity index (χ3v) is 3.48. The number of nitrogens with two attached hydrogens (primary N) is 1. The number of carbonyl (C=O) groups excluding carboxylic acids is 1. The van der Waals surface area contributed by atoms with Crippen molar-refractivity contribution in [3.05, 3.63) is 59.7 Å². The molecule has 0 aliphatic rings. The number of nitrogens with one attached hydrogen (secondary N) is 1. The molecule has 0 aliphatic carbocycles. The molecule has 0 radical (unpaired) electrons. The first kappa shape index (κ1) is 17.8. The number of aliphatic hydroxyl groups is 1. The van der Waals surface area contributed by atoms with Crippen LogP contribution in [-0.2, 0) is 11.3 Å². The topological polar surface area (TPSA) is 93.8 Å². The van der Waals surface area contributed by atoms with Gasteiger partial charge in [0.2, 0.25) is 0 Å². The predicted molar refractivity (Wildman–Crippen MR) is 90.8 cm³/mol. The second kappa shape index (κ2) is 8.90. The van der Waals surface area contributed by atoms with Crippen molar-refractivity contribution in [1.29, 1.82) is 0 Å². The van der Waals surface area contributed by atoms with Crippen LogP contribution in [0, 0.1) is 0 Å². The van der Waals surface area contributed by atoms with Crippen molar-refractivity contribution < 1.29 is 19.4 Å². The van der Waals surface area contributed by atoms with Crippen LogP contribution in [0.1, 0.15) is 17.2 Å². The lowest BCUT2D eigenvalue weighted by atomic mass is 10.1. The summed E-state index contributed by atoms with van der Waals surface area (Å²) in [4.78, 5) is 11.0. The summed E-state index contributed by atoms with van der Waals surface area (Å²) in [5.41, 5.74) is 6.80. The van der Waals surface area contributed by atoms with Crippen molar-refractivity contribution in [3.8, 4) is 11.5 Å². The predicted octanol–water partition coefficient (Wildman–Crippen LogP) is 1.38. The van der Waals surface area contributed by atoms with Crippen LogP contribution in [0.15, 0.2) is 48.5 Å². The van der Waals surface area contributed by atoms with Crippen molar-refractivity contribution in [1.82, 2.24) is 5.32 Å². The van der Waals surface area contributed by atoms with E-state index in [1.165, 1.54) is 7.11 Å². The Kier molecular flexibility index (Phi) is 6.60. The van der Waals surface area contributed by atoms with Gasteiger partial charge in [-0.15, -0.1) is 0 Å². The van der Waals surface area contributed by atoms with Crippen LogP contribution in [0.3, 0.4) is 0 Å². The second-order valence-corrected chi connectivity index (χ2v) is 5.26. The molecule has 6 heteroatoms. The quantitative estimate of drug-likeness (QED) is 0.646. The number of hydrogen-bond donors (Lipinski definition) is 3. The van der Waals surface area contributed by atoms with Gasteiger partial charge in [-0.3, -0.25) is 4.79 Å². The van der Waals surface area contributed by atoms with Crippen LogP contribution in [-0.4, -0.2) is 31.3 Å². The summed E-state index contributed by atoms with van der Waals surface area (Å²) in [7, 11) is 1.53. The number of aliphatic hydroxyl groups excluding tert-OH is 1. The fourth-order valence-electron chi connectivity index (χ4n) is 2.30. The van der Waals surface area contributed by atoms with Gasteiger partial charge in [0.05, 0.1) is 13.2 Å². The molecule has 2 aromatic rings. The Bertz CT molecular complexity index is 661. The van der Waals surface area contributed by atoms with Gasteiger partial charge in [0.25, 0.3) is 5.91 Å². The highest BCUT2D eigenvalue weighted by molar-refractivity contribution is 5.75. The minimum absolute atomic E-state index is 0.222. The molecule has 0 saturated heterocycles. The Morgan fingerprint density at radius 3 is 2.62 bits per heavy atom. The van der Waals surface area contributed by atoms with Crippen LogP contribution < -0.4 is 20.5 Å². The van der Waals surface area contributed by atoms with E-state index in [0.717, 1.165) is 11.1 Å². The molecular formula is C18H22N2O4. The molecule has 0 spiro atoms. The van der Waals surface area contributed by atoms with E-state index >= 15 is 0 Å². The fraction of sp³-hybridized carbons (Fsp3) is 0.278. The van der Waals surface area contributed by atoms with E-state index in [-0.39, 0.29) is 6.61 Å². The molecule has 0 bridgehead atoms. The minimum Gasteiger partial charge on any atom is -0.493 e. The summed E-state index contributed by atoms with van der Waals surface area (Å²) in [5, 5.41) is 13.3.